The van der Waals surface area contributed by atoms with Gasteiger partial charge in [0.1, 0.15) is 11.5 Å². The Bertz CT molecular complexity index is 3510. The average molecular weight is 863 g/mol. The van der Waals surface area contributed by atoms with Gasteiger partial charge in [-0.2, -0.15) is 0 Å². The molecule has 1 aromatic heterocycles. The zero-order chi connectivity index (χ0) is 43.0. The Balaban J connectivity index is 1.19. The third kappa shape index (κ3) is 5.34. The highest BCUT2D eigenvalue weighted by Crippen LogP contribution is 2.44. The second-order valence-electron chi connectivity index (χ2n) is 17.1. The van der Waals surface area contributed by atoms with E-state index in [1.54, 1.807) is 0 Å². The molecule has 2 aliphatic rings. The summed E-state index contributed by atoms with van der Waals surface area (Å²) in [6, 6.07) is 94.9. The summed E-state index contributed by atoms with van der Waals surface area (Å²) >= 11 is 0. The normalized spacial score (nSPS) is 13.9. The Morgan fingerprint density at radius 3 is 1.48 bits per heavy atom. The number of para-hydroxylation sites is 5. The number of anilines is 3. The van der Waals surface area contributed by atoms with E-state index in [1.807, 2.05) is 0 Å². The van der Waals surface area contributed by atoms with Gasteiger partial charge in [0.2, 0.25) is 0 Å². The minimum Gasteiger partial charge on any atom is -0.458 e. The van der Waals surface area contributed by atoms with Crippen LogP contribution in [0.3, 0.4) is 0 Å². The number of nitrogens with zero attached hydrogens (tertiary/aromatic N) is 2. The van der Waals surface area contributed by atoms with Crippen LogP contribution in [0, 0.1) is 0 Å². The van der Waals surface area contributed by atoms with Crippen LogP contribution in [0.4, 0.5) is 17.1 Å². The summed E-state index contributed by atoms with van der Waals surface area (Å²) in [7, 11) is -6.13. The number of fused-ring (bicyclic) bond motifs is 11. The maximum Gasteiger partial charge on any atom is 0.188 e. The first-order valence-electron chi connectivity index (χ1n) is 22.4. The van der Waals surface area contributed by atoms with E-state index in [9.17, 15) is 0 Å². The molecule has 0 radical (unpaired) electrons. The molecule has 3 heterocycles. The van der Waals surface area contributed by atoms with Gasteiger partial charge in [-0.15, -0.1) is 0 Å². The Labute approximate surface area is 380 Å². The van der Waals surface area contributed by atoms with Gasteiger partial charge >= 0.3 is 0 Å². The van der Waals surface area contributed by atoms with Gasteiger partial charge in [0.15, 0.2) is 16.1 Å². The molecular weight excluding hydrogens is 821 g/mol. The van der Waals surface area contributed by atoms with E-state index in [0.29, 0.717) is 0 Å². The smallest absolute Gasteiger partial charge is 0.188 e. The lowest BCUT2D eigenvalue weighted by Gasteiger charge is -2.50. The van der Waals surface area contributed by atoms with Gasteiger partial charge in [0.25, 0.3) is 0 Å². The lowest BCUT2D eigenvalue weighted by Crippen LogP contribution is -2.93. The summed E-state index contributed by atoms with van der Waals surface area (Å²) < 4.78 is 9.35. The van der Waals surface area contributed by atoms with Crippen LogP contribution in [0.1, 0.15) is 0 Å². The largest absolute Gasteiger partial charge is 0.458 e. The SMILES string of the molecule is c1ccc(N(c2ccc3c(c2)[Si]2(c4ccccc4Oc4ccccc42)c2ccccc2[Si]3(c2ccccc2)c2ccccc2)c2cccc3c2c2ccccc2n3-c2ccccc2)cc1. The summed E-state index contributed by atoms with van der Waals surface area (Å²) in [5.74, 6) is 1.88. The fourth-order valence-corrected chi connectivity index (χ4v) is 23.8. The van der Waals surface area contributed by atoms with E-state index in [-0.39, 0.29) is 0 Å². The average Bonchev–Trinajstić information content (AvgIpc) is 3.73. The van der Waals surface area contributed by atoms with Crippen LogP contribution in [0.25, 0.3) is 27.5 Å². The second kappa shape index (κ2) is 14.8. The van der Waals surface area contributed by atoms with Crippen LogP contribution < -0.4 is 51.1 Å². The Kier molecular flexibility index (Phi) is 8.56. The number of rotatable bonds is 6. The highest BCUT2D eigenvalue weighted by Gasteiger charge is 2.59. The van der Waals surface area contributed by atoms with Crippen LogP contribution in [0.2, 0.25) is 0 Å². The zero-order valence-corrected chi connectivity index (χ0v) is 37.6. The molecule has 0 amide bonds. The number of hydrogen-bond donors (Lipinski definition) is 0. The first-order chi connectivity index (χ1) is 32.3. The molecule has 0 fully saturated rings. The van der Waals surface area contributed by atoms with Gasteiger partial charge in [-0.3, -0.25) is 0 Å². The summed E-state index contributed by atoms with van der Waals surface area (Å²) in [5, 5.41) is 13.5. The maximum atomic E-state index is 6.93. The minimum atomic E-state index is -3.14. The third-order valence-corrected chi connectivity index (χ3v) is 24.3. The van der Waals surface area contributed by atoms with Gasteiger partial charge < -0.3 is 14.2 Å². The fourth-order valence-electron chi connectivity index (χ4n) is 11.5. The monoisotopic (exact) mass is 862 g/mol. The van der Waals surface area contributed by atoms with Crippen molar-refractivity contribution in [3.63, 3.8) is 0 Å². The molecule has 306 valence electrons. The zero-order valence-electron chi connectivity index (χ0n) is 35.6. The standard InChI is InChI=1S/C60H42N2OSi2/c1-5-22-43(23-6-1)61(50-32-21-33-51-60(50)48-30-13-14-31-49(48)62(51)44-24-7-2-8-25-44)45-40-41-58-59(42-45)65(54-36-17-15-34-52(54)63-53-35-16-18-37-55(53)65)57-39-20-19-38-56(57)64(58,46-26-9-3-10-27-46)47-28-11-4-12-29-47/h1-42H. The molecule has 2 aliphatic heterocycles. The summed E-state index contributed by atoms with van der Waals surface area (Å²) in [6.45, 7) is 0. The second-order valence-corrected chi connectivity index (χ2v) is 24.5. The van der Waals surface area contributed by atoms with Crippen molar-refractivity contribution in [2.45, 2.75) is 0 Å². The minimum absolute atomic E-state index is 0.941. The molecule has 0 N–H and O–H groups in total. The molecular formula is C60H42N2OSi2. The molecule has 0 bridgehead atoms. The van der Waals surface area contributed by atoms with E-state index in [2.05, 4.69) is 264 Å². The van der Waals surface area contributed by atoms with Crippen LogP contribution in [0.15, 0.2) is 255 Å². The molecule has 0 aliphatic carbocycles. The van der Waals surface area contributed by atoms with Crippen LogP contribution in [-0.2, 0) is 0 Å². The topological polar surface area (TPSA) is 17.4 Å². The van der Waals surface area contributed by atoms with E-state index < -0.39 is 16.1 Å². The van der Waals surface area contributed by atoms with Crippen LogP contribution in [-0.4, -0.2) is 20.7 Å². The number of ether oxygens (including phenoxy) is 1. The first kappa shape index (κ1) is 37.6. The molecule has 0 unspecified atom stereocenters. The van der Waals surface area contributed by atoms with Crippen molar-refractivity contribution in [1.29, 1.82) is 0 Å². The lowest BCUT2D eigenvalue weighted by atomic mass is 10.1. The summed E-state index contributed by atoms with van der Waals surface area (Å²) in [5.41, 5.74) is 6.85. The molecule has 13 rings (SSSR count). The Morgan fingerprint density at radius 2 is 0.831 bits per heavy atom. The summed E-state index contributed by atoms with van der Waals surface area (Å²) in [4.78, 5) is 2.51. The van der Waals surface area contributed by atoms with Crippen LogP contribution in [0.5, 0.6) is 11.5 Å². The molecule has 0 saturated carbocycles. The van der Waals surface area contributed by atoms with Crippen molar-refractivity contribution in [1.82, 2.24) is 4.57 Å². The third-order valence-electron chi connectivity index (χ3n) is 14.0. The van der Waals surface area contributed by atoms with Gasteiger partial charge in [0, 0.05) is 27.8 Å². The van der Waals surface area contributed by atoms with Crippen molar-refractivity contribution in [2.24, 2.45) is 0 Å². The molecule has 0 atom stereocenters. The Morgan fingerprint density at radius 1 is 0.338 bits per heavy atom. The van der Waals surface area contributed by atoms with E-state index >= 15 is 0 Å². The van der Waals surface area contributed by atoms with Crippen molar-refractivity contribution in [3.8, 4) is 17.2 Å². The van der Waals surface area contributed by atoms with E-state index in [0.717, 1.165) is 34.2 Å². The highest BCUT2D eigenvalue weighted by molar-refractivity contribution is 7.33. The lowest BCUT2D eigenvalue weighted by molar-refractivity contribution is 0.487. The first-order valence-corrected chi connectivity index (χ1v) is 26.4. The van der Waals surface area contributed by atoms with Gasteiger partial charge in [-0.25, -0.2) is 0 Å². The van der Waals surface area contributed by atoms with Crippen molar-refractivity contribution >= 4 is 96.5 Å². The van der Waals surface area contributed by atoms with Crippen LogP contribution >= 0.6 is 0 Å². The Hall–Kier alpha value is -7.97. The summed E-state index contributed by atoms with van der Waals surface area (Å²) in [6.07, 6.45) is 0. The van der Waals surface area contributed by atoms with Crippen molar-refractivity contribution in [3.05, 3.63) is 255 Å². The number of benzene rings is 10. The fraction of sp³-hybridized carbons (Fsp3) is 0. The van der Waals surface area contributed by atoms with E-state index in [1.165, 1.54) is 63.3 Å². The molecule has 1 spiro atoms. The number of aromatic nitrogens is 1. The van der Waals surface area contributed by atoms with E-state index in [4.69, 9.17) is 4.74 Å². The highest BCUT2D eigenvalue weighted by atomic mass is 28.3. The number of hydrogen-bond acceptors (Lipinski definition) is 2. The van der Waals surface area contributed by atoms with Crippen molar-refractivity contribution in [2.75, 3.05) is 4.90 Å². The maximum absolute atomic E-state index is 6.93. The molecule has 3 nitrogen and oxygen atoms in total. The van der Waals surface area contributed by atoms with Crippen molar-refractivity contribution < 1.29 is 4.74 Å². The quantitative estimate of drug-likeness (QED) is 0.155. The van der Waals surface area contributed by atoms with Gasteiger partial charge in [-0.05, 0) is 108 Å². The molecule has 65 heavy (non-hydrogen) atoms. The molecule has 0 saturated heterocycles. The molecule has 11 aromatic rings. The van der Waals surface area contributed by atoms with Gasteiger partial charge in [0.05, 0.1) is 16.7 Å². The predicted octanol–water partition coefficient (Wildman–Crippen LogP) is 9.43. The predicted molar refractivity (Wildman–Crippen MR) is 276 cm³/mol. The molecule has 5 heteroatoms. The molecule has 10 aromatic carbocycles. The van der Waals surface area contributed by atoms with Gasteiger partial charge in [-0.1, -0.05) is 188 Å².